The molecule has 0 radical (unpaired) electrons. The fraction of sp³-hybridized carbons (Fsp3) is 0.471. The number of nitrogens with zero attached hydrogens (tertiary/aromatic N) is 2. The van der Waals surface area contributed by atoms with Gasteiger partial charge in [-0.3, -0.25) is 4.79 Å². The Hall–Kier alpha value is -2.37. The minimum absolute atomic E-state index is 0.0863. The van der Waals surface area contributed by atoms with Crippen LogP contribution in [0.4, 0.5) is 0 Å². The SMILES string of the molecule is Cc1nc(COc2ccccc2C(=O)NC2CCCCC2)no1. The molecule has 0 aliphatic heterocycles. The van der Waals surface area contributed by atoms with Crippen LogP contribution in [0.3, 0.4) is 0 Å². The molecule has 3 rings (SSSR count). The van der Waals surface area contributed by atoms with Crippen LogP contribution in [0.25, 0.3) is 0 Å². The number of carbonyl (C=O) groups is 1. The maximum absolute atomic E-state index is 12.5. The Morgan fingerprint density at radius 3 is 2.83 bits per heavy atom. The molecule has 1 aliphatic carbocycles. The summed E-state index contributed by atoms with van der Waals surface area (Å²) in [7, 11) is 0. The van der Waals surface area contributed by atoms with Gasteiger partial charge in [-0.25, -0.2) is 0 Å². The molecular formula is C17H21N3O3. The highest BCUT2D eigenvalue weighted by molar-refractivity contribution is 5.97. The summed E-state index contributed by atoms with van der Waals surface area (Å²) < 4.78 is 10.6. The Labute approximate surface area is 135 Å². The van der Waals surface area contributed by atoms with Crippen LogP contribution in [0.1, 0.15) is 54.2 Å². The maximum Gasteiger partial charge on any atom is 0.255 e. The van der Waals surface area contributed by atoms with E-state index in [9.17, 15) is 4.79 Å². The van der Waals surface area contributed by atoms with Crippen molar-refractivity contribution in [3.05, 3.63) is 41.5 Å². The number of aromatic nitrogens is 2. The van der Waals surface area contributed by atoms with E-state index in [1.54, 1.807) is 19.1 Å². The van der Waals surface area contributed by atoms with Crippen molar-refractivity contribution >= 4 is 5.91 Å². The quantitative estimate of drug-likeness (QED) is 0.917. The van der Waals surface area contributed by atoms with E-state index < -0.39 is 0 Å². The van der Waals surface area contributed by atoms with E-state index in [1.807, 2.05) is 12.1 Å². The van der Waals surface area contributed by atoms with E-state index in [1.165, 1.54) is 19.3 Å². The first-order valence-corrected chi connectivity index (χ1v) is 8.04. The summed E-state index contributed by atoms with van der Waals surface area (Å²) in [5, 5.41) is 6.90. The lowest BCUT2D eigenvalue weighted by molar-refractivity contribution is 0.0923. The van der Waals surface area contributed by atoms with Crippen molar-refractivity contribution in [1.29, 1.82) is 0 Å². The number of para-hydroxylation sites is 1. The van der Waals surface area contributed by atoms with Gasteiger partial charge in [0.2, 0.25) is 11.7 Å². The van der Waals surface area contributed by atoms with Gasteiger partial charge < -0.3 is 14.6 Å². The summed E-state index contributed by atoms with van der Waals surface area (Å²) >= 11 is 0. The van der Waals surface area contributed by atoms with Crippen LogP contribution in [0.5, 0.6) is 5.75 Å². The molecular weight excluding hydrogens is 294 g/mol. The molecule has 0 atom stereocenters. The lowest BCUT2D eigenvalue weighted by atomic mass is 9.95. The molecule has 1 fully saturated rings. The summed E-state index contributed by atoms with van der Waals surface area (Å²) in [5.74, 6) is 1.40. The standard InChI is InChI=1S/C17H21N3O3/c1-12-18-16(20-23-12)11-22-15-10-6-5-9-14(15)17(21)19-13-7-3-2-4-8-13/h5-6,9-10,13H,2-4,7-8,11H2,1H3,(H,19,21). The fourth-order valence-corrected chi connectivity index (χ4v) is 2.83. The van der Waals surface area contributed by atoms with Crippen molar-refractivity contribution in [1.82, 2.24) is 15.5 Å². The molecule has 1 aromatic heterocycles. The van der Waals surface area contributed by atoms with Crippen molar-refractivity contribution in [3.63, 3.8) is 0 Å². The number of aryl methyl sites for hydroxylation is 1. The van der Waals surface area contributed by atoms with Crippen LogP contribution in [0.2, 0.25) is 0 Å². The number of carbonyl (C=O) groups excluding carboxylic acids is 1. The molecule has 6 heteroatoms. The minimum atomic E-state index is -0.0863. The molecule has 1 amide bonds. The molecule has 0 spiro atoms. The average Bonchev–Trinajstić information content (AvgIpc) is 2.99. The van der Waals surface area contributed by atoms with Gasteiger partial charge in [0.15, 0.2) is 6.61 Å². The van der Waals surface area contributed by atoms with Crippen molar-refractivity contribution < 1.29 is 14.1 Å². The Kier molecular flexibility index (Phi) is 4.90. The third-order valence-electron chi connectivity index (χ3n) is 4.00. The lowest BCUT2D eigenvalue weighted by Crippen LogP contribution is -2.36. The first-order chi connectivity index (χ1) is 11.2. The van der Waals surface area contributed by atoms with Crippen molar-refractivity contribution in [3.8, 4) is 5.75 Å². The summed E-state index contributed by atoms with van der Waals surface area (Å²) in [6, 6.07) is 7.50. The second-order valence-electron chi connectivity index (χ2n) is 5.82. The zero-order valence-corrected chi connectivity index (χ0v) is 13.2. The zero-order valence-electron chi connectivity index (χ0n) is 13.2. The highest BCUT2D eigenvalue weighted by Gasteiger charge is 2.19. The second kappa shape index (κ2) is 7.26. The van der Waals surface area contributed by atoms with Gasteiger partial charge in [0.05, 0.1) is 5.56 Å². The molecule has 122 valence electrons. The van der Waals surface area contributed by atoms with Crippen LogP contribution >= 0.6 is 0 Å². The van der Waals surface area contributed by atoms with Gasteiger partial charge in [-0.15, -0.1) is 0 Å². The molecule has 1 aromatic carbocycles. The first-order valence-electron chi connectivity index (χ1n) is 8.04. The predicted molar refractivity (Wildman–Crippen MR) is 84.1 cm³/mol. The highest BCUT2D eigenvalue weighted by atomic mass is 16.5. The van der Waals surface area contributed by atoms with E-state index in [2.05, 4.69) is 15.5 Å². The maximum atomic E-state index is 12.5. The molecule has 23 heavy (non-hydrogen) atoms. The van der Waals surface area contributed by atoms with Crippen LogP contribution in [-0.2, 0) is 6.61 Å². The minimum Gasteiger partial charge on any atom is -0.485 e. The molecule has 1 saturated carbocycles. The average molecular weight is 315 g/mol. The molecule has 6 nitrogen and oxygen atoms in total. The van der Waals surface area contributed by atoms with E-state index in [4.69, 9.17) is 9.26 Å². The molecule has 0 unspecified atom stereocenters. The van der Waals surface area contributed by atoms with Crippen LogP contribution in [-0.4, -0.2) is 22.1 Å². The Morgan fingerprint density at radius 2 is 2.09 bits per heavy atom. The number of ether oxygens (including phenoxy) is 1. The van der Waals surface area contributed by atoms with Gasteiger partial charge in [0, 0.05) is 13.0 Å². The zero-order chi connectivity index (χ0) is 16.1. The highest BCUT2D eigenvalue weighted by Crippen LogP contribution is 2.21. The number of amides is 1. The summed E-state index contributed by atoms with van der Waals surface area (Å²) in [6.45, 7) is 1.90. The number of rotatable bonds is 5. The third-order valence-corrected chi connectivity index (χ3v) is 4.00. The summed E-state index contributed by atoms with van der Waals surface area (Å²) in [4.78, 5) is 16.6. The van der Waals surface area contributed by atoms with E-state index in [0.717, 1.165) is 12.8 Å². The number of hydrogen-bond acceptors (Lipinski definition) is 5. The van der Waals surface area contributed by atoms with Gasteiger partial charge in [-0.2, -0.15) is 4.98 Å². The van der Waals surface area contributed by atoms with Gasteiger partial charge in [-0.1, -0.05) is 36.6 Å². The van der Waals surface area contributed by atoms with Crippen LogP contribution in [0, 0.1) is 6.92 Å². The van der Waals surface area contributed by atoms with Crippen molar-refractivity contribution in [2.24, 2.45) is 0 Å². The van der Waals surface area contributed by atoms with Crippen molar-refractivity contribution in [2.75, 3.05) is 0 Å². The lowest BCUT2D eigenvalue weighted by Gasteiger charge is -2.23. The molecule has 0 saturated heterocycles. The number of hydrogen-bond donors (Lipinski definition) is 1. The number of benzene rings is 1. The van der Waals surface area contributed by atoms with Gasteiger partial charge in [0.1, 0.15) is 5.75 Å². The van der Waals surface area contributed by atoms with Crippen LogP contribution < -0.4 is 10.1 Å². The van der Waals surface area contributed by atoms with E-state index in [0.29, 0.717) is 23.0 Å². The normalized spacial score (nSPS) is 15.3. The molecule has 1 heterocycles. The monoisotopic (exact) mass is 315 g/mol. The Bertz CT molecular complexity index is 663. The van der Waals surface area contributed by atoms with E-state index in [-0.39, 0.29) is 18.6 Å². The predicted octanol–water partition coefficient (Wildman–Crippen LogP) is 3.02. The summed E-state index contributed by atoms with van der Waals surface area (Å²) in [6.07, 6.45) is 5.73. The second-order valence-corrected chi connectivity index (χ2v) is 5.82. The van der Waals surface area contributed by atoms with Gasteiger partial charge >= 0.3 is 0 Å². The third kappa shape index (κ3) is 4.09. The summed E-state index contributed by atoms with van der Waals surface area (Å²) in [5.41, 5.74) is 0.540. The fourth-order valence-electron chi connectivity index (χ4n) is 2.83. The number of nitrogens with one attached hydrogen (secondary N) is 1. The molecule has 2 aromatic rings. The van der Waals surface area contributed by atoms with Crippen LogP contribution in [0.15, 0.2) is 28.8 Å². The molecule has 1 aliphatic rings. The largest absolute Gasteiger partial charge is 0.485 e. The topological polar surface area (TPSA) is 77.2 Å². The Morgan fingerprint density at radius 1 is 1.30 bits per heavy atom. The molecule has 1 N–H and O–H groups in total. The molecule has 0 bridgehead atoms. The Balaban J connectivity index is 1.65. The smallest absolute Gasteiger partial charge is 0.255 e. The van der Waals surface area contributed by atoms with E-state index >= 15 is 0 Å². The van der Waals surface area contributed by atoms with Gasteiger partial charge in [0.25, 0.3) is 5.91 Å². The van der Waals surface area contributed by atoms with Gasteiger partial charge in [-0.05, 0) is 25.0 Å². The first kappa shape index (κ1) is 15.5. The van der Waals surface area contributed by atoms with Crippen molar-refractivity contribution in [2.45, 2.75) is 51.7 Å².